The van der Waals surface area contributed by atoms with Crippen LogP contribution in [0.15, 0.2) is 65.9 Å². The molecule has 1 aliphatic rings. The molecule has 0 saturated carbocycles. The number of hydrogen-bond donors (Lipinski definition) is 0. The lowest BCUT2D eigenvalue weighted by Gasteiger charge is -2.09. The number of ketones is 1. The average Bonchev–Trinajstić information content (AvgIpc) is 3.50. The molecule has 0 spiro atoms. The monoisotopic (exact) mass is 429 g/mol. The van der Waals surface area contributed by atoms with Crippen LogP contribution in [-0.2, 0) is 6.54 Å². The van der Waals surface area contributed by atoms with E-state index in [4.69, 9.17) is 9.47 Å². The number of para-hydroxylation sites is 1. The van der Waals surface area contributed by atoms with Crippen molar-refractivity contribution in [3.63, 3.8) is 0 Å². The molecule has 5 nitrogen and oxygen atoms in total. The Balaban J connectivity index is 1.49. The van der Waals surface area contributed by atoms with Gasteiger partial charge in [-0.1, -0.05) is 24.3 Å². The Kier molecular flexibility index (Phi) is 4.71. The van der Waals surface area contributed by atoms with Crippen molar-refractivity contribution in [1.82, 2.24) is 4.57 Å². The molecule has 6 heteroatoms. The van der Waals surface area contributed by atoms with Crippen molar-refractivity contribution in [2.45, 2.75) is 20.4 Å². The molecular formula is C25H19NO4S. The molecule has 3 heterocycles. The number of carbonyl (C=O) groups is 2. The molecule has 5 rings (SSSR count). The lowest BCUT2D eigenvalue weighted by atomic mass is 10.1. The Labute approximate surface area is 183 Å². The topological polar surface area (TPSA) is 57.5 Å². The number of benzene rings is 2. The van der Waals surface area contributed by atoms with Crippen LogP contribution in [0.3, 0.4) is 0 Å². The van der Waals surface area contributed by atoms with E-state index in [9.17, 15) is 9.59 Å². The summed E-state index contributed by atoms with van der Waals surface area (Å²) in [4.78, 5) is 25.8. The maximum absolute atomic E-state index is 13.0. The number of aryl methyl sites for hydroxylation is 1. The Morgan fingerprint density at radius 3 is 2.77 bits per heavy atom. The van der Waals surface area contributed by atoms with Crippen LogP contribution >= 0.6 is 11.3 Å². The van der Waals surface area contributed by atoms with Crippen molar-refractivity contribution in [2.24, 2.45) is 0 Å². The van der Waals surface area contributed by atoms with Crippen molar-refractivity contribution < 1.29 is 19.1 Å². The van der Waals surface area contributed by atoms with Crippen LogP contribution in [0.25, 0.3) is 17.0 Å². The van der Waals surface area contributed by atoms with Gasteiger partial charge in [0, 0.05) is 34.8 Å². The first-order valence-corrected chi connectivity index (χ1v) is 10.9. The fourth-order valence-electron chi connectivity index (χ4n) is 3.82. The smallest absolute Gasteiger partial charge is 0.353 e. The summed E-state index contributed by atoms with van der Waals surface area (Å²) in [6.07, 6.45) is 3.81. The molecule has 4 aromatic rings. The third-order valence-electron chi connectivity index (χ3n) is 5.41. The van der Waals surface area contributed by atoms with E-state index in [-0.39, 0.29) is 11.5 Å². The van der Waals surface area contributed by atoms with Gasteiger partial charge in [0.15, 0.2) is 5.76 Å². The lowest BCUT2D eigenvalue weighted by Crippen LogP contribution is -2.07. The van der Waals surface area contributed by atoms with Crippen molar-refractivity contribution in [2.75, 3.05) is 0 Å². The zero-order chi connectivity index (χ0) is 21.5. The van der Waals surface area contributed by atoms with Gasteiger partial charge in [0.05, 0.1) is 5.56 Å². The molecule has 0 amide bonds. The van der Waals surface area contributed by atoms with Gasteiger partial charge in [-0.2, -0.15) is 0 Å². The van der Waals surface area contributed by atoms with Gasteiger partial charge in [0.1, 0.15) is 16.4 Å². The Morgan fingerprint density at radius 1 is 1.16 bits per heavy atom. The minimum atomic E-state index is -0.425. The highest BCUT2D eigenvalue weighted by molar-refractivity contribution is 7.12. The number of aromatic nitrogens is 1. The normalized spacial score (nSPS) is 14.1. The van der Waals surface area contributed by atoms with Crippen LogP contribution in [0.4, 0.5) is 0 Å². The molecule has 0 unspecified atom stereocenters. The number of hydrogen-bond acceptors (Lipinski definition) is 5. The number of carbonyl (C=O) groups excluding carboxylic acids is 2. The second kappa shape index (κ2) is 7.56. The van der Waals surface area contributed by atoms with Crippen molar-refractivity contribution >= 4 is 40.1 Å². The van der Waals surface area contributed by atoms with Crippen LogP contribution in [0.1, 0.15) is 38.1 Å². The zero-order valence-corrected chi connectivity index (χ0v) is 17.9. The molecule has 2 aromatic carbocycles. The van der Waals surface area contributed by atoms with E-state index < -0.39 is 5.97 Å². The van der Waals surface area contributed by atoms with Gasteiger partial charge in [0.2, 0.25) is 5.78 Å². The number of ether oxygens (including phenoxy) is 2. The maximum atomic E-state index is 13.0. The SMILES string of the molecule is CCn1cc(/C=C2/Oc3c(ccc(OC(=O)c4cccs4)c3C)C2=O)c2ccccc21. The first kappa shape index (κ1) is 19.3. The number of fused-ring (bicyclic) bond motifs is 2. The standard InChI is InChI=1S/C25H19NO4S/c1-3-26-14-16(17-7-4-5-8-19(17)26)13-21-23(27)18-10-11-20(15(2)24(18)29-21)30-25(28)22-9-6-12-31-22/h4-14H,3H2,1-2H3/b21-13+. The summed E-state index contributed by atoms with van der Waals surface area (Å²) in [5.74, 6) is 0.479. The predicted molar refractivity (Wildman–Crippen MR) is 121 cm³/mol. The number of allylic oxidation sites excluding steroid dienone is 1. The Bertz CT molecular complexity index is 1360. The number of nitrogens with zero attached hydrogens (tertiary/aromatic N) is 1. The number of esters is 1. The first-order chi connectivity index (χ1) is 15.1. The summed E-state index contributed by atoms with van der Waals surface area (Å²) in [5.41, 5.74) is 3.13. The molecule has 154 valence electrons. The second-order valence-electron chi connectivity index (χ2n) is 7.26. The lowest BCUT2D eigenvalue weighted by molar-refractivity contribution is 0.0738. The summed E-state index contributed by atoms with van der Waals surface area (Å²) in [7, 11) is 0. The molecule has 0 bridgehead atoms. The third-order valence-corrected chi connectivity index (χ3v) is 6.26. The molecule has 0 radical (unpaired) electrons. The van der Waals surface area contributed by atoms with Crippen molar-refractivity contribution in [3.8, 4) is 11.5 Å². The average molecular weight is 429 g/mol. The second-order valence-corrected chi connectivity index (χ2v) is 8.21. The van der Waals surface area contributed by atoms with Crippen molar-refractivity contribution in [3.05, 3.63) is 87.4 Å². The molecule has 0 N–H and O–H groups in total. The molecule has 2 aromatic heterocycles. The highest BCUT2D eigenvalue weighted by atomic mass is 32.1. The summed E-state index contributed by atoms with van der Waals surface area (Å²) in [6.45, 7) is 4.70. The van der Waals surface area contributed by atoms with Crippen LogP contribution in [0.5, 0.6) is 11.5 Å². The molecule has 31 heavy (non-hydrogen) atoms. The van der Waals surface area contributed by atoms with E-state index >= 15 is 0 Å². The van der Waals surface area contributed by atoms with Crippen molar-refractivity contribution in [1.29, 1.82) is 0 Å². The van der Waals surface area contributed by atoms with Gasteiger partial charge < -0.3 is 14.0 Å². The van der Waals surface area contributed by atoms with Gasteiger partial charge >= 0.3 is 5.97 Å². The van der Waals surface area contributed by atoms with E-state index in [1.807, 2.05) is 29.8 Å². The van der Waals surface area contributed by atoms with Gasteiger partial charge in [-0.15, -0.1) is 11.3 Å². The minimum Gasteiger partial charge on any atom is -0.452 e. The first-order valence-electron chi connectivity index (χ1n) is 9.98. The largest absolute Gasteiger partial charge is 0.452 e. The van der Waals surface area contributed by atoms with E-state index in [0.717, 1.165) is 23.0 Å². The maximum Gasteiger partial charge on any atom is 0.353 e. The van der Waals surface area contributed by atoms with E-state index in [1.54, 1.807) is 37.3 Å². The summed E-state index contributed by atoms with van der Waals surface area (Å²) in [5, 5.41) is 2.88. The van der Waals surface area contributed by atoms with Gasteiger partial charge in [-0.3, -0.25) is 4.79 Å². The minimum absolute atomic E-state index is 0.178. The number of Topliss-reactive ketones (excluding diaryl/α,β-unsaturated/α-hetero) is 1. The fourth-order valence-corrected chi connectivity index (χ4v) is 4.42. The molecule has 0 saturated heterocycles. The van der Waals surface area contributed by atoms with Crippen LogP contribution in [0.2, 0.25) is 0 Å². The van der Waals surface area contributed by atoms with Crippen LogP contribution in [-0.4, -0.2) is 16.3 Å². The molecule has 0 aliphatic carbocycles. The quantitative estimate of drug-likeness (QED) is 0.231. The fraction of sp³-hybridized carbons (Fsp3) is 0.120. The molecule has 0 fully saturated rings. The predicted octanol–water partition coefficient (Wildman–Crippen LogP) is 5.87. The van der Waals surface area contributed by atoms with Crippen LogP contribution in [0, 0.1) is 6.92 Å². The van der Waals surface area contributed by atoms with Gasteiger partial charge in [-0.25, -0.2) is 4.79 Å². The molecular weight excluding hydrogens is 410 g/mol. The van der Waals surface area contributed by atoms with Gasteiger partial charge in [0.25, 0.3) is 0 Å². The van der Waals surface area contributed by atoms with E-state index in [0.29, 0.717) is 27.5 Å². The van der Waals surface area contributed by atoms with Gasteiger partial charge in [-0.05, 0) is 49.6 Å². The Hall–Kier alpha value is -3.64. The highest BCUT2D eigenvalue weighted by Gasteiger charge is 2.31. The third kappa shape index (κ3) is 3.25. The van der Waals surface area contributed by atoms with E-state index in [1.165, 1.54) is 11.3 Å². The number of rotatable bonds is 4. The Morgan fingerprint density at radius 2 is 2.00 bits per heavy atom. The zero-order valence-electron chi connectivity index (χ0n) is 17.0. The molecule has 0 atom stereocenters. The highest BCUT2D eigenvalue weighted by Crippen LogP contribution is 2.40. The molecule has 1 aliphatic heterocycles. The summed E-state index contributed by atoms with van der Waals surface area (Å²) in [6, 6.07) is 14.9. The summed E-state index contributed by atoms with van der Waals surface area (Å²) < 4.78 is 13.6. The van der Waals surface area contributed by atoms with Crippen LogP contribution < -0.4 is 9.47 Å². The van der Waals surface area contributed by atoms with E-state index in [2.05, 4.69) is 17.6 Å². The number of thiophene rings is 1. The summed E-state index contributed by atoms with van der Waals surface area (Å²) >= 11 is 1.32.